The average molecular weight is 347 g/mol. The SMILES string of the molecule is CN=C(NCc1ccc(F)c(C)c1)NCc1cc(C(=O)OC)c(C)o1. The fourth-order valence-electron chi connectivity index (χ4n) is 2.34. The highest BCUT2D eigenvalue weighted by atomic mass is 19.1. The maximum Gasteiger partial charge on any atom is 0.341 e. The number of ether oxygens (including phenoxy) is 1. The number of nitrogens with zero attached hydrogens (tertiary/aromatic N) is 1. The first-order valence-corrected chi connectivity index (χ1v) is 7.81. The van der Waals surface area contributed by atoms with Gasteiger partial charge in [-0.3, -0.25) is 4.99 Å². The zero-order chi connectivity index (χ0) is 18.4. The molecular weight excluding hydrogens is 325 g/mol. The molecule has 1 aromatic heterocycles. The molecule has 2 aromatic rings. The second-order valence-corrected chi connectivity index (χ2v) is 5.54. The summed E-state index contributed by atoms with van der Waals surface area (Å²) >= 11 is 0. The Morgan fingerprint density at radius 3 is 2.60 bits per heavy atom. The summed E-state index contributed by atoms with van der Waals surface area (Å²) in [4.78, 5) is 15.7. The van der Waals surface area contributed by atoms with Crippen LogP contribution < -0.4 is 10.6 Å². The van der Waals surface area contributed by atoms with E-state index in [0.717, 1.165) is 5.56 Å². The van der Waals surface area contributed by atoms with Crippen molar-refractivity contribution in [3.63, 3.8) is 0 Å². The lowest BCUT2D eigenvalue weighted by molar-refractivity contribution is 0.0599. The number of aryl methyl sites for hydroxylation is 2. The maximum atomic E-state index is 13.3. The van der Waals surface area contributed by atoms with Crippen molar-refractivity contribution in [3.8, 4) is 0 Å². The number of hydrogen-bond donors (Lipinski definition) is 2. The molecule has 25 heavy (non-hydrogen) atoms. The van der Waals surface area contributed by atoms with Crippen LogP contribution in [0.25, 0.3) is 0 Å². The predicted molar refractivity (Wildman–Crippen MR) is 93.0 cm³/mol. The molecule has 0 aliphatic rings. The van der Waals surface area contributed by atoms with E-state index >= 15 is 0 Å². The van der Waals surface area contributed by atoms with E-state index in [1.165, 1.54) is 13.2 Å². The van der Waals surface area contributed by atoms with Crippen LogP contribution in [0.1, 0.15) is 33.0 Å². The van der Waals surface area contributed by atoms with Gasteiger partial charge in [0, 0.05) is 13.6 Å². The summed E-state index contributed by atoms with van der Waals surface area (Å²) in [6.45, 7) is 4.30. The standard InChI is InChI=1S/C18H22FN3O3/c1-11-7-13(5-6-16(11)19)9-21-18(20-3)22-10-14-8-15(12(2)25-14)17(23)24-4/h5-8H,9-10H2,1-4H3,(H2,20,21,22). The number of nitrogens with one attached hydrogen (secondary N) is 2. The van der Waals surface area contributed by atoms with E-state index in [1.807, 2.05) is 0 Å². The number of hydrogen-bond acceptors (Lipinski definition) is 4. The van der Waals surface area contributed by atoms with Crippen LogP contribution in [0.5, 0.6) is 0 Å². The molecule has 7 heteroatoms. The normalized spacial score (nSPS) is 11.3. The Morgan fingerprint density at radius 1 is 1.24 bits per heavy atom. The molecule has 1 heterocycles. The molecule has 0 aliphatic heterocycles. The summed E-state index contributed by atoms with van der Waals surface area (Å²) < 4.78 is 23.5. The van der Waals surface area contributed by atoms with E-state index in [4.69, 9.17) is 9.15 Å². The monoisotopic (exact) mass is 347 g/mol. The van der Waals surface area contributed by atoms with Crippen LogP contribution in [-0.4, -0.2) is 26.1 Å². The highest BCUT2D eigenvalue weighted by Gasteiger charge is 2.15. The van der Waals surface area contributed by atoms with Crippen LogP contribution in [0.4, 0.5) is 4.39 Å². The summed E-state index contributed by atoms with van der Waals surface area (Å²) in [6, 6.07) is 6.60. The first kappa shape index (κ1) is 18.5. The minimum absolute atomic E-state index is 0.221. The summed E-state index contributed by atoms with van der Waals surface area (Å²) in [5, 5.41) is 6.24. The van der Waals surface area contributed by atoms with E-state index in [9.17, 15) is 9.18 Å². The zero-order valence-electron chi connectivity index (χ0n) is 14.8. The molecule has 0 saturated carbocycles. The number of rotatable bonds is 5. The summed E-state index contributed by atoms with van der Waals surface area (Å²) in [7, 11) is 2.98. The molecule has 0 fully saturated rings. The zero-order valence-corrected chi connectivity index (χ0v) is 14.8. The Morgan fingerprint density at radius 2 is 1.96 bits per heavy atom. The second-order valence-electron chi connectivity index (χ2n) is 5.54. The molecule has 0 atom stereocenters. The van der Waals surface area contributed by atoms with Crippen LogP contribution in [-0.2, 0) is 17.8 Å². The molecule has 0 unspecified atom stereocenters. The third-order valence-corrected chi connectivity index (χ3v) is 3.71. The van der Waals surface area contributed by atoms with Crippen molar-refractivity contribution < 1.29 is 18.3 Å². The molecule has 0 amide bonds. The van der Waals surface area contributed by atoms with Gasteiger partial charge in [0.1, 0.15) is 22.9 Å². The lowest BCUT2D eigenvalue weighted by atomic mass is 10.1. The van der Waals surface area contributed by atoms with E-state index in [1.54, 1.807) is 39.1 Å². The Kier molecular flexibility index (Phi) is 6.16. The highest BCUT2D eigenvalue weighted by molar-refractivity contribution is 5.90. The number of esters is 1. The highest BCUT2D eigenvalue weighted by Crippen LogP contribution is 2.15. The fourth-order valence-corrected chi connectivity index (χ4v) is 2.34. The third kappa shape index (κ3) is 4.82. The molecule has 134 valence electrons. The first-order valence-electron chi connectivity index (χ1n) is 7.81. The van der Waals surface area contributed by atoms with E-state index in [0.29, 0.717) is 41.7 Å². The van der Waals surface area contributed by atoms with Crippen molar-refractivity contribution in [3.05, 3.63) is 58.3 Å². The van der Waals surface area contributed by atoms with Crippen molar-refractivity contribution in [2.45, 2.75) is 26.9 Å². The number of guanidine groups is 1. The molecule has 0 aliphatic carbocycles. The number of aliphatic imine (C=N–C) groups is 1. The van der Waals surface area contributed by atoms with Gasteiger partial charge in [-0.05, 0) is 37.1 Å². The Balaban J connectivity index is 1.92. The lowest BCUT2D eigenvalue weighted by Gasteiger charge is -2.11. The molecule has 1 aromatic carbocycles. The molecular formula is C18H22FN3O3. The number of carbonyl (C=O) groups is 1. The Labute approximate surface area is 146 Å². The minimum Gasteiger partial charge on any atom is -0.465 e. The van der Waals surface area contributed by atoms with Gasteiger partial charge in [-0.25, -0.2) is 9.18 Å². The van der Waals surface area contributed by atoms with E-state index < -0.39 is 5.97 Å². The number of furan rings is 1. The van der Waals surface area contributed by atoms with Crippen LogP contribution >= 0.6 is 0 Å². The fraction of sp³-hybridized carbons (Fsp3) is 0.333. The van der Waals surface area contributed by atoms with Crippen molar-refractivity contribution in [1.29, 1.82) is 0 Å². The van der Waals surface area contributed by atoms with Gasteiger partial charge in [-0.2, -0.15) is 0 Å². The maximum absolute atomic E-state index is 13.3. The van der Waals surface area contributed by atoms with E-state index in [2.05, 4.69) is 15.6 Å². The van der Waals surface area contributed by atoms with Crippen molar-refractivity contribution in [2.24, 2.45) is 4.99 Å². The topological polar surface area (TPSA) is 75.9 Å². The summed E-state index contributed by atoms with van der Waals surface area (Å²) in [6.07, 6.45) is 0. The first-order chi connectivity index (χ1) is 11.9. The van der Waals surface area contributed by atoms with Crippen molar-refractivity contribution >= 4 is 11.9 Å². The lowest BCUT2D eigenvalue weighted by Crippen LogP contribution is -2.36. The van der Waals surface area contributed by atoms with Crippen LogP contribution in [0, 0.1) is 19.7 Å². The van der Waals surface area contributed by atoms with Gasteiger partial charge < -0.3 is 19.8 Å². The van der Waals surface area contributed by atoms with Gasteiger partial charge in [-0.15, -0.1) is 0 Å². The predicted octanol–water partition coefficient (Wildman–Crippen LogP) is 2.69. The largest absolute Gasteiger partial charge is 0.465 e. The van der Waals surface area contributed by atoms with Gasteiger partial charge in [0.2, 0.25) is 0 Å². The van der Waals surface area contributed by atoms with Crippen LogP contribution in [0.15, 0.2) is 33.7 Å². The molecule has 2 N–H and O–H groups in total. The van der Waals surface area contributed by atoms with Gasteiger partial charge in [0.05, 0.1) is 13.7 Å². The van der Waals surface area contributed by atoms with E-state index in [-0.39, 0.29) is 5.82 Å². The van der Waals surface area contributed by atoms with Crippen molar-refractivity contribution in [2.75, 3.05) is 14.2 Å². The number of carbonyl (C=O) groups excluding carboxylic acids is 1. The third-order valence-electron chi connectivity index (χ3n) is 3.71. The smallest absolute Gasteiger partial charge is 0.341 e. The quantitative estimate of drug-likeness (QED) is 0.494. The number of benzene rings is 1. The molecule has 0 spiro atoms. The number of halogens is 1. The van der Waals surface area contributed by atoms with Gasteiger partial charge in [0.15, 0.2) is 5.96 Å². The Bertz CT molecular complexity index is 784. The molecule has 0 bridgehead atoms. The van der Waals surface area contributed by atoms with Gasteiger partial charge in [-0.1, -0.05) is 12.1 Å². The average Bonchev–Trinajstić information content (AvgIpc) is 2.98. The summed E-state index contributed by atoms with van der Waals surface area (Å²) in [5.74, 6) is 1.02. The number of methoxy groups -OCH3 is 1. The second kappa shape index (κ2) is 8.32. The van der Waals surface area contributed by atoms with Crippen molar-refractivity contribution in [1.82, 2.24) is 10.6 Å². The van der Waals surface area contributed by atoms with Gasteiger partial charge in [0.25, 0.3) is 0 Å². The summed E-state index contributed by atoms with van der Waals surface area (Å²) in [5.41, 5.74) is 1.95. The van der Waals surface area contributed by atoms with Crippen LogP contribution in [0.3, 0.4) is 0 Å². The molecule has 2 rings (SSSR count). The molecule has 0 radical (unpaired) electrons. The minimum atomic E-state index is -0.429. The van der Waals surface area contributed by atoms with Gasteiger partial charge >= 0.3 is 5.97 Å². The molecule has 0 saturated heterocycles. The Hall–Kier alpha value is -2.83. The van der Waals surface area contributed by atoms with Crippen LogP contribution in [0.2, 0.25) is 0 Å². The molecule has 6 nitrogen and oxygen atoms in total.